The first kappa shape index (κ1) is 23.5. The quantitative estimate of drug-likeness (QED) is 0.273. The van der Waals surface area contributed by atoms with Crippen LogP contribution in [0.3, 0.4) is 0 Å². The number of carbonyl (C=O) groups excluding carboxylic acids is 1. The van der Waals surface area contributed by atoms with Crippen LogP contribution in [0.2, 0.25) is 0 Å². The van der Waals surface area contributed by atoms with Crippen LogP contribution in [0.15, 0.2) is 46.9 Å². The Morgan fingerprint density at radius 2 is 1.97 bits per heavy atom. The third-order valence-electron chi connectivity index (χ3n) is 5.94. The molecule has 0 atom stereocenters. The molecule has 0 saturated carbocycles. The summed E-state index contributed by atoms with van der Waals surface area (Å²) >= 11 is 1.32. The molecule has 33 heavy (non-hydrogen) atoms. The molecule has 1 N–H and O–H groups in total. The smallest absolute Gasteiger partial charge is 0.263 e. The van der Waals surface area contributed by atoms with E-state index in [4.69, 9.17) is 0 Å². The Labute approximate surface area is 197 Å². The summed E-state index contributed by atoms with van der Waals surface area (Å²) in [6, 6.07) is 7.38. The molecule has 0 bridgehead atoms. The molecular weight excluding hydrogens is 438 g/mol. The van der Waals surface area contributed by atoms with E-state index in [9.17, 15) is 9.59 Å². The minimum absolute atomic E-state index is 0.0277. The minimum atomic E-state index is -0.128. The van der Waals surface area contributed by atoms with Crippen molar-refractivity contribution in [3.8, 4) is 0 Å². The molecule has 0 aliphatic carbocycles. The number of thioether (sulfide) groups is 1. The topological polar surface area (TPSA) is 87.8 Å². The number of allylic oxidation sites excluding steroid dienone is 1. The zero-order valence-electron chi connectivity index (χ0n) is 19.1. The van der Waals surface area contributed by atoms with Crippen LogP contribution in [0.1, 0.15) is 12.8 Å². The van der Waals surface area contributed by atoms with Crippen molar-refractivity contribution in [2.45, 2.75) is 24.5 Å². The molecule has 1 fully saturated rings. The van der Waals surface area contributed by atoms with Crippen molar-refractivity contribution in [1.82, 2.24) is 34.3 Å². The maximum Gasteiger partial charge on any atom is 0.263 e. The van der Waals surface area contributed by atoms with Crippen molar-refractivity contribution in [3.05, 3.63) is 47.3 Å². The van der Waals surface area contributed by atoms with Crippen molar-refractivity contribution >= 4 is 34.3 Å². The van der Waals surface area contributed by atoms with E-state index < -0.39 is 0 Å². The molecule has 0 radical (unpaired) electrons. The summed E-state index contributed by atoms with van der Waals surface area (Å²) in [5, 5.41) is 12.7. The van der Waals surface area contributed by atoms with Gasteiger partial charge in [-0.3, -0.25) is 18.6 Å². The molecular formula is C23H31N7O2S. The molecule has 1 aliphatic heterocycles. The zero-order valence-corrected chi connectivity index (χ0v) is 19.9. The third kappa shape index (κ3) is 5.45. The van der Waals surface area contributed by atoms with Crippen LogP contribution < -0.4 is 10.9 Å². The highest BCUT2D eigenvalue weighted by Crippen LogP contribution is 2.21. The fourth-order valence-corrected chi connectivity index (χ4v) is 4.83. The Bertz CT molecular complexity index is 1180. The van der Waals surface area contributed by atoms with Gasteiger partial charge < -0.3 is 15.1 Å². The number of para-hydroxylation sites is 1. The molecule has 1 aromatic carbocycles. The molecule has 2 aromatic heterocycles. The number of rotatable bonds is 10. The van der Waals surface area contributed by atoms with E-state index in [0.29, 0.717) is 29.4 Å². The van der Waals surface area contributed by atoms with Crippen LogP contribution in [0.4, 0.5) is 0 Å². The number of nitrogens with one attached hydrogen (secondary N) is 1. The van der Waals surface area contributed by atoms with Gasteiger partial charge in [-0.1, -0.05) is 30.0 Å². The second-order valence-electron chi connectivity index (χ2n) is 8.33. The van der Waals surface area contributed by atoms with Gasteiger partial charge in [0, 0.05) is 39.3 Å². The Balaban J connectivity index is 1.33. The highest BCUT2D eigenvalue weighted by molar-refractivity contribution is 7.99. The molecule has 10 heteroatoms. The number of piperazine rings is 1. The molecule has 0 unspecified atom stereocenters. The molecule has 1 saturated heterocycles. The highest BCUT2D eigenvalue weighted by Gasteiger charge is 2.17. The van der Waals surface area contributed by atoms with E-state index in [2.05, 4.69) is 38.9 Å². The molecule has 1 aliphatic rings. The lowest BCUT2D eigenvalue weighted by molar-refractivity contribution is -0.118. The summed E-state index contributed by atoms with van der Waals surface area (Å²) in [6.45, 7) is 10.4. The number of fused-ring (bicyclic) bond motifs is 3. The molecule has 4 rings (SSSR count). The number of amides is 1. The van der Waals surface area contributed by atoms with Crippen molar-refractivity contribution in [2.75, 3.05) is 52.1 Å². The summed E-state index contributed by atoms with van der Waals surface area (Å²) in [7, 11) is 2.16. The van der Waals surface area contributed by atoms with Crippen molar-refractivity contribution in [1.29, 1.82) is 0 Å². The number of aromatic nitrogens is 4. The predicted molar refractivity (Wildman–Crippen MR) is 132 cm³/mol. The highest BCUT2D eigenvalue weighted by atomic mass is 32.2. The maximum atomic E-state index is 12.9. The fourth-order valence-electron chi connectivity index (χ4n) is 4.06. The van der Waals surface area contributed by atoms with E-state index in [-0.39, 0.29) is 17.2 Å². The summed E-state index contributed by atoms with van der Waals surface area (Å²) in [4.78, 5) is 30.1. The van der Waals surface area contributed by atoms with Crippen molar-refractivity contribution < 1.29 is 4.79 Å². The van der Waals surface area contributed by atoms with Gasteiger partial charge in [0.25, 0.3) is 5.56 Å². The Hall–Kier alpha value is -2.69. The van der Waals surface area contributed by atoms with Crippen molar-refractivity contribution in [2.24, 2.45) is 0 Å². The van der Waals surface area contributed by atoms with Gasteiger partial charge in [0.15, 0.2) is 5.16 Å². The van der Waals surface area contributed by atoms with E-state index in [1.807, 2.05) is 22.6 Å². The number of likely N-dealkylation sites (N-methyl/N-ethyl adjacent to an activating group) is 1. The number of carbonyl (C=O) groups is 1. The molecule has 3 heterocycles. The fraction of sp³-hybridized carbons (Fsp3) is 0.478. The van der Waals surface area contributed by atoms with Gasteiger partial charge in [-0.05, 0) is 38.6 Å². The Morgan fingerprint density at radius 1 is 1.18 bits per heavy atom. The zero-order chi connectivity index (χ0) is 23.2. The number of unbranched alkanes of at least 4 members (excludes halogenated alkanes) is 1. The lowest BCUT2D eigenvalue weighted by atomic mass is 10.2. The molecule has 176 valence electrons. The Morgan fingerprint density at radius 3 is 2.76 bits per heavy atom. The van der Waals surface area contributed by atoms with Gasteiger partial charge in [0.2, 0.25) is 11.7 Å². The van der Waals surface area contributed by atoms with Gasteiger partial charge in [-0.25, -0.2) is 0 Å². The SMILES string of the molecule is C=CCn1c(=O)c2ccccc2n2c(SCC(=O)NCCCCN3CCN(C)CC3)nnc12. The van der Waals surface area contributed by atoms with Gasteiger partial charge in [0.1, 0.15) is 0 Å². The largest absolute Gasteiger partial charge is 0.355 e. The average molecular weight is 470 g/mol. The second-order valence-corrected chi connectivity index (χ2v) is 9.27. The second kappa shape index (κ2) is 11.0. The first-order valence-electron chi connectivity index (χ1n) is 11.4. The standard InChI is InChI=1S/C23H31N7O2S/c1-3-11-29-21(32)18-8-4-5-9-19(18)30-22(29)25-26-23(30)33-17-20(31)24-10-6-7-12-28-15-13-27(2)14-16-28/h3-5,8-9H,1,6-7,10-17H2,2H3,(H,24,31). The van der Waals surface area contributed by atoms with E-state index >= 15 is 0 Å². The predicted octanol–water partition coefficient (Wildman–Crippen LogP) is 1.47. The van der Waals surface area contributed by atoms with Crippen molar-refractivity contribution in [3.63, 3.8) is 0 Å². The number of nitrogens with zero attached hydrogens (tertiary/aromatic N) is 6. The number of hydrogen-bond acceptors (Lipinski definition) is 7. The first-order valence-corrected chi connectivity index (χ1v) is 12.3. The van der Waals surface area contributed by atoms with Gasteiger partial charge in [-0.15, -0.1) is 16.8 Å². The summed E-state index contributed by atoms with van der Waals surface area (Å²) in [5.41, 5.74) is 0.603. The summed E-state index contributed by atoms with van der Waals surface area (Å²) in [6.07, 6.45) is 3.71. The van der Waals surface area contributed by atoms with E-state index in [0.717, 1.165) is 51.1 Å². The lowest BCUT2D eigenvalue weighted by Gasteiger charge is -2.32. The minimum Gasteiger partial charge on any atom is -0.355 e. The molecule has 1 amide bonds. The maximum absolute atomic E-state index is 12.9. The van der Waals surface area contributed by atoms with Crippen LogP contribution in [0.5, 0.6) is 0 Å². The van der Waals surface area contributed by atoms with Crippen LogP contribution >= 0.6 is 11.8 Å². The average Bonchev–Trinajstić information content (AvgIpc) is 3.25. The van der Waals surface area contributed by atoms with Gasteiger partial charge in [0.05, 0.1) is 16.7 Å². The van der Waals surface area contributed by atoms with Gasteiger partial charge in [-0.2, -0.15) is 0 Å². The van der Waals surface area contributed by atoms with E-state index in [1.165, 1.54) is 11.8 Å². The number of hydrogen-bond donors (Lipinski definition) is 1. The lowest BCUT2D eigenvalue weighted by Crippen LogP contribution is -2.44. The van der Waals surface area contributed by atoms with Crippen LogP contribution in [-0.4, -0.2) is 86.9 Å². The Kier molecular flexibility index (Phi) is 7.79. The van der Waals surface area contributed by atoms with Crippen LogP contribution in [-0.2, 0) is 11.3 Å². The third-order valence-corrected chi connectivity index (χ3v) is 6.87. The monoisotopic (exact) mass is 469 g/mol. The normalized spacial score (nSPS) is 15.3. The van der Waals surface area contributed by atoms with Gasteiger partial charge >= 0.3 is 0 Å². The first-order chi connectivity index (χ1) is 16.1. The molecule has 0 spiro atoms. The molecule has 3 aromatic rings. The van der Waals surface area contributed by atoms with Crippen LogP contribution in [0, 0.1) is 0 Å². The number of benzene rings is 1. The summed E-state index contributed by atoms with van der Waals surface area (Å²) < 4.78 is 3.39. The summed E-state index contributed by atoms with van der Waals surface area (Å²) in [5.74, 6) is 0.666. The van der Waals surface area contributed by atoms with Crippen LogP contribution in [0.25, 0.3) is 16.7 Å². The molecule has 9 nitrogen and oxygen atoms in total. The van der Waals surface area contributed by atoms with E-state index in [1.54, 1.807) is 16.7 Å².